The monoisotopic (exact) mass is 399 g/mol. The Hall–Kier alpha value is -1.36. The fraction of sp³-hybridized carbons (Fsp3) is 0.455. The summed E-state index contributed by atoms with van der Waals surface area (Å²) in [5.41, 5.74) is 8.23. The minimum atomic E-state index is 0.619. The summed E-state index contributed by atoms with van der Waals surface area (Å²) in [4.78, 5) is 2.72. The van der Waals surface area contributed by atoms with Crippen LogP contribution in [0.2, 0.25) is 5.02 Å². The van der Waals surface area contributed by atoms with Gasteiger partial charge < -0.3 is 15.5 Å². The molecule has 3 heterocycles. The molecule has 2 aromatic carbocycles. The van der Waals surface area contributed by atoms with Crippen molar-refractivity contribution in [3.05, 3.63) is 52.0 Å². The van der Waals surface area contributed by atoms with Crippen LogP contribution in [-0.4, -0.2) is 31.4 Å². The molecule has 3 aliphatic rings. The molecule has 27 heavy (non-hydrogen) atoms. The van der Waals surface area contributed by atoms with Crippen LogP contribution in [-0.2, 0) is 12.2 Å². The van der Waals surface area contributed by atoms with Gasteiger partial charge in [-0.2, -0.15) is 11.8 Å². The van der Waals surface area contributed by atoms with E-state index in [1.165, 1.54) is 46.9 Å². The molecular formula is C22H26ClN3S. The summed E-state index contributed by atoms with van der Waals surface area (Å²) >= 11 is 8.26. The van der Waals surface area contributed by atoms with Gasteiger partial charge in [-0.15, -0.1) is 0 Å². The topological polar surface area (TPSA) is 27.3 Å². The van der Waals surface area contributed by atoms with E-state index in [9.17, 15) is 0 Å². The van der Waals surface area contributed by atoms with E-state index in [-0.39, 0.29) is 0 Å². The molecule has 3 aliphatic heterocycles. The van der Waals surface area contributed by atoms with Gasteiger partial charge >= 0.3 is 0 Å². The summed E-state index contributed by atoms with van der Waals surface area (Å²) in [7, 11) is 0. The molecule has 0 bridgehead atoms. The van der Waals surface area contributed by atoms with Crippen molar-refractivity contribution in [1.29, 1.82) is 0 Å². The number of hydrogen-bond donors (Lipinski definition) is 2. The predicted octanol–water partition coefficient (Wildman–Crippen LogP) is 5.16. The van der Waals surface area contributed by atoms with Crippen LogP contribution in [0.3, 0.4) is 0 Å². The average Bonchev–Trinajstić information content (AvgIpc) is 2.84. The Morgan fingerprint density at radius 1 is 1.30 bits per heavy atom. The third-order valence-electron chi connectivity index (χ3n) is 6.21. The standard InChI is InChI=1S/C22H26ClN3S/c1-2-14-9-16(23)3-4-20(14)25-17-10-15-13-27-8-7-26-21-5-6-24-12-19(21)18(11-17)22(15)26/h3-4,9-11,19,21,24-25H,2,5-8,12-13H2,1H3/t19-,21-/m0/s1. The number of halogens is 1. The summed E-state index contributed by atoms with van der Waals surface area (Å²) in [6.07, 6.45) is 2.22. The van der Waals surface area contributed by atoms with Crippen molar-refractivity contribution in [2.24, 2.45) is 0 Å². The van der Waals surface area contributed by atoms with Crippen molar-refractivity contribution >= 4 is 40.4 Å². The number of aryl methyl sites for hydroxylation is 1. The second kappa shape index (κ2) is 7.23. The number of rotatable bonds is 3. The number of anilines is 3. The quantitative estimate of drug-likeness (QED) is 0.745. The normalized spacial score (nSPS) is 23.6. The molecule has 2 N–H and O–H groups in total. The molecule has 0 amide bonds. The lowest BCUT2D eigenvalue weighted by atomic mass is 9.89. The van der Waals surface area contributed by atoms with Crippen molar-refractivity contribution in [3.8, 4) is 0 Å². The third-order valence-corrected chi connectivity index (χ3v) is 7.43. The summed E-state index contributed by atoms with van der Waals surface area (Å²) in [6.45, 7) is 5.62. The summed E-state index contributed by atoms with van der Waals surface area (Å²) < 4.78 is 0. The zero-order valence-electron chi connectivity index (χ0n) is 15.7. The molecule has 1 fully saturated rings. The maximum Gasteiger partial charge on any atom is 0.0448 e. The zero-order chi connectivity index (χ0) is 18.4. The fourth-order valence-electron chi connectivity index (χ4n) is 4.99. The molecular weight excluding hydrogens is 374 g/mol. The highest BCUT2D eigenvalue weighted by molar-refractivity contribution is 7.98. The minimum Gasteiger partial charge on any atom is -0.367 e. The first-order valence-electron chi connectivity index (χ1n) is 10.0. The van der Waals surface area contributed by atoms with Gasteiger partial charge in [-0.3, -0.25) is 0 Å². The van der Waals surface area contributed by atoms with Crippen LogP contribution >= 0.6 is 23.4 Å². The number of piperidine rings is 1. The fourth-order valence-corrected chi connectivity index (χ4v) is 6.09. The third kappa shape index (κ3) is 3.12. The highest BCUT2D eigenvalue weighted by Crippen LogP contribution is 2.48. The van der Waals surface area contributed by atoms with Gasteiger partial charge in [-0.25, -0.2) is 0 Å². The molecule has 0 unspecified atom stereocenters. The molecule has 2 aromatic rings. The molecule has 1 saturated heterocycles. The number of benzene rings is 2. The lowest BCUT2D eigenvalue weighted by molar-refractivity contribution is 0.406. The zero-order valence-corrected chi connectivity index (χ0v) is 17.3. The highest BCUT2D eigenvalue weighted by Gasteiger charge is 2.41. The van der Waals surface area contributed by atoms with Crippen LogP contribution in [0.5, 0.6) is 0 Å². The van der Waals surface area contributed by atoms with Gasteiger partial charge in [0, 0.05) is 58.6 Å². The van der Waals surface area contributed by atoms with Crippen LogP contribution < -0.4 is 15.5 Å². The van der Waals surface area contributed by atoms with Crippen molar-refractivity contribution in [2.45, 2.75) is 37.5 Å². The number of thioether (sulfide) groups is 1. The first-order chi connectivity index (χ1) is 13.2. The molecule has 0 saturated carbocycles. The largest absolute Gasteiger partial charge is 0.367 e. The predicted molar refractivity (Wildman–Crippen MR) is 118 cm³/mol. The Labute approximate surface area is 170 Å². The van der Waals surface area contributed by atoms with Crippen LogP contribution in [0.15, 0.2) is 30.3 Å². The van der Waals surface area contributed by atoms with Gasteiger partial charge in [0.1, 0.15) is 0 Å². The van der Waals surface area contributed by atoms with E-state index in [4.69, 9.17) is 11.6 Å². The summed E-state index contributed by atoms with van der Waals surface area (Å²) in [5, 5.41) is 8.13. The van der Waals surface area contributed by atoms with Crippen LogP contribution in [0.1, 0.15) is 36.0 Å². The molecule has 0 aromatic heterocycles. The number of nitrogens with one attached hydrogen (secondary N) is 2. The van der Waals surface area contributed by atoms with Crippen LogP contribution in [0.4, 0.5) is 17.1 Å². The van der Waals surface area contributed by atoms with E-state index in [0.29, 0.717) is 12.0 Å². The molecule has 5 heteroatoms. The Bertz CT molecular complexity index is 869. The molecule has 0 radical (unpaired) electrons. The molecule has 0 spiro atoms. The van der Waals surface area contributed by atoms with E-state index >= 15 is 0 Å². The van der Waals surface area contributed by atoms with Gasteiger partial charge in [0.25, 0.3) is 0 Å². The van der Waals surface area contributed by atoms with Crippen molar-refractivity contribution in [1.82, 2.24) is 5.32 Å². The highest BCUT2D eigenvalue weighted by atomic mass is 35.5. The molecule has 3 nitrogen and oxygen atoms in total. The van der Waals surface area contributed by atoms with E-state index < -0.39 is 0 Å². The second-order valence-corrected chi connectivity index (χ2v) is 9.31. The van der Waals surface area contributed by atoms with Crippen molar-refractivity contribution in [2.75, 3.05) is 35.6 Å². The SMILES string of the molecule is CCc1cc(Cl)ccc1Nc1cc2c3c(c1)[C@@H]1CNCC[C@@H]1N3CCSC2. The van der Waals surface area contributed by atoms with Crippen LogP contribution in [0, 0.1) is 0 Å². The lowest BCUT2D eigenvalue weighted by Crippen LogP contribution is -2.44. The van der Waals surface area contributed by atoms with Crippen molar-refractivity contribution < 1.29 is 0 Å². The average molecular weight is 400 g/mol. The molecule has 5 rings (SSSR count). The minimum absolute atomic E-state index is 0.619. The summed E-state index contributed by atoms with van der Waals surface area (Å²) in [6, 6.07) is 11.6. The first-order valence-corrected chi connectivity index (χ1v) is 11.5. The molecule has 142 valence electrons. The van der Waals surface area contributed by atoms with Gasteiger partial charge in [0.15, 0.2) is 0 Å². The van der Waals surface area contributed by atoms with Gasteiger partial charge in [-0.05, 0) is 66.4 Å². The van der Waals surface area contributed by atoms with E-state index in [1.807, 2.05) is 6.07 Å². The number of hydrogen-bond acceptors (Lipinski definition) is 4. The lowest BCUT2D eigenvalue weighted by Gasteiger charge is -2.33. The first kappa shape index (κ1) is 17.7. The molecule has 2 atom stereocenters. The Kier molecular flexibility index (Phi) is 4.75. The molecule has 0 aliphatic carbocycles. The number of fused-ring (bicyclic) bond motifs is 3. The van der Waals surface area contributed by atoms with Gasteiger partial charge in [0.2, 0.25) is 0 Å². The van der Waals surface area contributed by atoms with Gasteiger partial charge in [0.05, 0.1) is 0 Å². The summed E-state index contributed by atoms with van der Waals surface area (Å²) in [5.74, 6) is 2.96. The Balaban J connectivity index is 1.56. The Morgan fingerprint density at radius 3 is 3.11 bits per heavy atom. The maximum atomic E-state index is 6.20. The van der Waals surface area contributed by atoms with Crippen molar-refractivity contribution in [3.63, 3.8) is 0 Å². The number of nitrogens with zero attached hydrogens (tertiary/aromatic N) is 1. The van der Waals surface area contributed by atoms with E-state index in [0.717, 1.165) is 30.3 Å². The Morgan fingerprint density at radius 2 is 2.22 bits per heavy atom. The second-order valence-electron chi connectivity index (χ2n) is 7.77. The maximum absolute atomic E-state index is 6.20. The van der Waals surface area contributed by atoms with Gasteiger partial charge in [-0.1, -0.05) is 18.5 Å². The smallest absolute Gasteiger partial charge is 0.0448 e. The van der Waals surface area contributed by atoms with Crippen LogP contribution in [0.25, 0.3) is 0 Å². The van der Waals surface area contributed by atoms with E-state index in [1.54, 1.807) is 5.56 Å². The van der Waals surface area contributed by atoms with E-state index in [2.05, 4.69) is 58.5 Å².